The van der Waals surface area contributed by atoms with Crippen LogP contribution in [0.2, 0.25) is 5.02 Å². The third kappa shape index (κ3) is 2.59. The van der Waals surface area contributed by atoms with Crippen LogP contribution in [-0.4, -0.2) is 0 Å². The summed E-state index contributed by atoms with van der Waals surface area (Å²) in [4.78, 5) is 0. The van der Waals surface area contributed by atoms with Crippen molar-refractivity contribution in [3.05, 3.63) is 52.0 Å². The van der Waals surface area contributed by atoms with Gasteiger partial charge in [0.05, 0.1) is 11.4 Å². The lowest BCUT2D eigenvalue weighted by Gasteiger charge is -2.14. The highest BCUT2D eigenvalue weighted by Crippen LogP contribution is 2.29. The standard InChI is InChI=1S/C15H17ClN2/c1-9-7-13(17)15(8-10(9)2)18-14-5-4-12(16)6-11(14)3/h4-8,18H,17H2,1-3H3. The Morgan fingerprint density at radius 3 is 2.22 bits per heavy atom. The molecule has 0 aliphatic heterocycles. The maximum Gasteiger partial charge on any atom is 0.0620 e. The zero-order valence-electron chi connectivity index (χ0n) is 10.8. The summed E-state index contributed by atoms with van der Waals surface area (Å²) in [5.41, 5.74) is 12.3. The molecule has 0 fully saturated rings. The first-order valence-corrected chi connectivity index (χ1v) is 6.25. The lowest BCUT2D eigenvalue weighted by molar-refractivity contribution is 1.33. The van der Waals surface area contributed by atoms with Crippen molar-refractivity contribution in [1.82, 2.24) is 0 Å². The van der Waals surface area contributed by atoms with Crippen molar-refractivity contribution in [2.45, 2.75) is 20.8 Å². The number of aryl methyl sites for hydroxylation is 3. The van der Waals surface area contributed by atoms with Crippen LogP contribution in [0.25, 0.3) is 0 Å². The highest BCUT2D eigenvalue weighted by Gasteiger charge is 2.05. The Morgan fingerprint density at radius 1 is 0.889 bits per heavy atom. The molecule has 0 unspecified atom stereocenters. The van der Waals surface area contributed by atoms with E-state index in [0.717, 1.165) is 27.6 Å². The summed E-state index contributed by atoms with van der Waals surface area (Å²) in [6, 6.07) is 9.82. The molecule has 0 saturated heterocycles. The minimum atomic E-state index is 0.742. The first kappa shape index (κ1) is 12.8. The number of nitrogen functional groups attached to an aromatic ring is 1. The van der Waals surface area contributed by atoms with Crippen LogP contribution < -0.4 is 11.1 Å². The fourth-order valence-electron chi connectivity index (χ4n) is 1.86. The summed E-state index contributed by atoms with van der Waals surface area (Å²) < 4.78 is 0. The summed E-state index contributed by atoms with van der Waals surface area (Å²) in [6.07, 6.45) is 0. The Morgan fingerprint density at radius 2 is 1.56 bits per heavy atom. The van der Waals surface area contributed by atoms with Crippen LogP contribution in [0.4, 0.5) is 17.1 Å². The maximum absolute atomic E-state index is 6.03. The molecule has 0 aliphatic carbocycles. The van der Waals surface area contributed by atoms with Crippen molar-refractivity contribution in [2.24, 2.45) is 0 Å². The monoisotopic (exact) mass is 260 g/mol. The van der Waals surface area contributed by atoms with Gasteiger partial charge in [0, 0.05) is 10.7 Å². The molecular weight excluding hydrogens is 244 g/mol. The Hall–Kier alpha value is -1.67. The predicted octanol–water partition coefficient (Wildman–Crippen LogP) is 4.59. The van der Waals surface area contributed by atoms with Crippen molar-refractivity contribution in [2.75, 3.05) is 11.1 Å². The summed E-state index contributed by atoms with van der Waals surface area (Å²) in [6.45, 7) is 6.16. The molecule has 3 heteroatoms. The van der Waals surface area contributed by atoms with E-state index in [1.807, 2.05) is 31.2 Å². The molecule has 2 rings (SSSR count). The molecule has 0 bridgehead atoms. The summed E-state index contributed by atoms with van der Waals surface area (Å²) >= 11 is 5.94. The molecule has 0 aliphatic rings. The number of anilines is 3. The molecule has 0 spiro atoms. The summed E-state index contributed by atoms with van der Waals surface area (Å²) in [5, 5.41) is 4.09. The van der Waals surface area contributed by atoms with E-state index in [4.69, 9.17) is 17.3 Å². The molecule has 2 nitrogen and oxygen atoms in total. The second-order valence-corrected chi connectivity index (χ2v) is 5.04. The highest BCUT2D eigenvalue weighted by molar-refractivity contribution is 6.30. The second-order valence-electron chi connectivity index (χ2n) is 4.61. The number of benzene rings is 2. The van der Waals surface area contributed by atoms with Gasteiger partial charge in [0.2, 0.25) is 0 Å². The number of nitrogens with one attached hydrogen (secondary N) is 1. The van der Waals surface area contributed by atoms with Gasteiger partial charge in [0.1, 0.15) is 0 Å². The van der Waals surface area contributed by atoms with Gasteiger partial charge >= 0.3 is 0 Å². The average Bonchev–Trinajstić information content (AvgIpc) is 2.29. The smallest absolute Gasteiger partial charge is 0.0620 e. The molecule has 18 heavy (non-hydrogen) atoms. The van der Waals surface area contributed by atoms with Gasteiger partial charge in [-0.3, -0.25) is 0 Å². The average molecular weight is 261 g/mol. The second kappa shape index (κ2) is 4.91. The molecule has 0 radical (unpaired) electrons. The zero-order chi connectivity index (χ0) is 13.3. The van der Waals surface area contributed by atoms with Crippen molar-refractivity contribution in [1.29, 1.82) is 0 Å². The van der Waals surface area contributed by atoms with E-state index in [2.05, 4.69) is 25.2 Å². The Labute approximate surface area is 113 Å². The van der Waals surface area contributed by atoms with Gasteiger partial charge in [-0.25, -0.2) is 0 Å². The Balaban J connectivity index is 2.37. The van der Waals surface area contributed by atoms with Crippen LogP contribution in [-0.2, 0) is 0 Å². The number of nitrogens with two attached hydrogens (primary N) is 1. The minimum absolute atomic E-state index is 0.742. The van der Waals surface area contributed by atoms with E-state index in [0.29, 0.717) is 0 Å². The lowest BCUT2D eigenvalue weighted by Crippen LogP contribution is -1.99. The van der Waals surface area contributed by atoms with Gasteiger partial charge in [0.15, 0.2) is 0 Å². The molecule has 2 aromatic rings. The number of hydrogen-bond donors (Lipinski definition) is 2. The molecular formula is C15H17ClN2. The third-order valence-corrected chi connectivity index (χ3v) is 3.36. The van der Waals surface area contributed by atoms with Crippen molar-refractivity contribution in [3.8, 4) is 0 Å². The fourth-order valence-corrected chi connectivity index (χ4v) is 2.09. The van der Waals surface area contributed by atoms with Crippen LogP contribution in [0.1, 0.15) is 16.7 Å². The molecule has 0 saturated carbocycles. The Bertz CT molecular complexity index is 591. The number of halogens is 1. The summed E-state index contributed by atoms with van der Waals surface area (Å²) in [7, 11) is 0. The van der Waals surface area contributed by atoms with Crippen LogP contribution in [0.15, 0.2) is 30.3 Å². The van der Waals surface area contributed by atoms with Crippen molar-refractivity contribution < 1.29 is 0 Å². The third-order valence-electron chi connectivity index (χ3n) is 3.12. The zero-order valence-corrected chi connectivity index (χ0v) is 11.6. The van der Waals surface area contributed by atoms with Crippen molar-refractivity contribution in [3.63, 3.8) is 0 Å². The number of rotatable bonds is 2. The normalized spacial score (nSPS) is 10.4. The van der Waals surface area contributed by atoms with E-state index in [9.17, 15) is 0 Å². The molecule has 0 atom stereocenters. The van der Waals surface area contributed by atoms with Crippen LogP contribution in [0.5, 0.6) is 0 Å². The molecule has 3 N–H and O–H groups in total. The highest BCUT2D eigenvalue weighted by atomic mass is 35.5. The topological polar surface area (TPSA) is 38.0 Å². The van der Waals surface area contributed by atoms with E-state index in [1.165, 1.54) is 11.1 Å². The molecule has 2 aromatic carbocycles. The van der Waals surface area contributed by atoms with E-state index in [1.54, 1.807) is 0 Å². The van der Waals surface area contributed by atoms with Gasteiger partial charge < -0.3 is 11.1 Å². The first-order chi connectivity index (χ1) is 8.47. The Kier molecular flexibility index (Phi) is 3.48. The van der Waals surface area contributed by atoms with Gasteiger partial charge in [-0.15, -0.1) is 0 Å². The maximum atomic E-state index is 6.03. The first-order valence-electron chi connectivity index (χ1n) is 5.87. The van der Waals surface area contributed by atoms with E-state index in [-0.39, 0.29) is 0 Å². The number of hydrogen-bond acceptors (Lipinski definition) is 2. The summed E-state index contributed by atoms with van der Waals surface area (Å²) in [5.74, 6) is 0. The lowest BCUT2D eigenvalue weighted by atomic mass is 10.1. The van der Waals surface area contributed by atoms with E-state index < -0.39 is 0 Å². The largest absolute Gasteiger partial charge is 0.397 e. The minimum Gasteiger partial charge on any atom is -0.397 e. The van der Waals surface area contributed by atoms with Gasteiger partial charge in [-0.1, -0.05) is 11.6 Å². The van der Waals surface area contributed by atoms with Crippen molar-refractivity contribution >= 4 is 28.7 Å². The molecule has 94 valence electrons. The molecule has 0 heterocycles. The SMILES string of the molecule is Cc1cc(N)c(Nc2ccc(Cl)cc2C)cc1C. The van der Waals surface area contributed by atoms with Crippen LogP contribution >= 0.6 is 11.6 Å². The quantitative estimate of drug-likeness (QED) is 0.775. The van der Waals surface area contributed by atoms with Crippen LogP contribution in [0.3, 0.4) is 0 Å². The fraction of sp³-hybridized carbons (Fsp3) is 0.200. The predicted molar refractivity (Wildman–Crippen MR) is 79.8 cm³/mol. The van der Waals surface area contributed by atoms with Gasteiger partial charge in [-0.05, 0) is 67.8 Å². The molecule has 0 amide bonds. The van der Waals surface area contributed by atoms with Crippen LogP contribution in [0, 0.1) is 20.8 Å². The molecule has 0 aromatic heterocycles. The van der Waals surface area contributed by atoms with Gasteiger partial charge in [-0.2, -0.15) is 0 Å². The van der Waals surface area contributed by atoms with Gasteiger partial charge in [0.25, 0.3) is 0 Å². The van der Waals surface area contributed by atoms with E-state index >= 15 is 0 Å².